The molecular formula is C29H31NO5S. The van der Waals surface area contributed by atoms with E-state index in [2.05, 4.69) is 26.0 Å². The molecule has 1 aliphatic carbocycles. The number of hydrogen-bond acceptors (Lipinski definition) is 6. The molecule has 1 N–H and O–H groups in total. The van der Waals surface area contributed by atoms with E-state index in [4.69, 9.17) is 24.3 Å². The number of carbonyl (C=O) groups is 1. The molecular weight excluding hydrogens is 474 g/mol. The Hall–Kier alpha value is -3.19. The van der Waals surface area contributed by atoms with Crippen LogP contribution < -0.4 is 9.47 Å². The Kier molecular flexibility index (Phi) is 7.37. The SMILES string of the molecule is Cc1cc(OC2CCSCC2)cc(C)c1-c1cccc(OC=C2C=C3OCC(CC(=O)O)C3=CC2)n1. The predicted molar refractivity (Wildman–Crippen MR) is 141 cm³/mol. The molecule has 7 heteroatoms. The summed E-state index contributed by atoms with van der Waals surface area (Å²) in [6.45, 7) is 4.60. The zero-order valence-electron chi connectivity index (χ0n) is 20.7. The zero-order valence-corrected chi connectivity index (χ0v) is 21.5. The highest BCUT2D eigenvalue weighted by molar-refractivity contribution is 7.99. The van der Waals surface area contributed by atoms with E-state index >= 15 is 0 Å². The van der Waals surface area contributed by atoms with Gasteiger partial charge in [-0.05, 0) is 91.2 Å². The van der Waals surface area contributed by atoms with Gasteiger partial charge in [0.15, 0.2) is 0 Å². The molecule has 1 aromatic heterocycles. The van der Waals surface area contributed by atoms with E-state index in [0.29, 0.717) is 25.0 Å². The summed E-state index contributed by atoms with van der Waals surface area (Å²) in [7, 11) is 0. The van der Waals surface area contributed by atoms with Gasteiger partial charge in [0.05, 0.1) is 25.0 Å². The number of nitrogens with zero attached hydrogens (tertiary/aromatic N) is 1. The first-order valence-corrected chi connectivity index (χ1v) is 13.6. The Morgan fingerprint density at radius 2 is 2.00 bits per heavy atom. The molecule has 1 atom stereocenters. The molecule has 36 heavy (non-hydrogen) atoms. The molecule has 3 aliphatic rings. The number of carboxylic acid groups (broad SMARTS) is 1. The van der Waals surface area contributed by atoms with Crippen molar-refractivity contribution in [3.05, 3.63) is 76.8 Å². The van der Waals surface area contributed by atoms with Crippen molar-refractivity contribution in [3.8, 4) is 22.9 Å². The smallest absolute Gasteiger partial charge is 0.304 e. The van der Waals surface area contributed by atoms with E-state index in [0.717, 1.165) is 57.9 Å². The molecule has 0 spiro atoms. The number of thioether (sulfide) groups is 1. The molecule has 6 nitrogen and oxygen atoms in total. The third-order valence-electron chi connectivity index (χ3n) is 6.75. The van der Waals surface area contributed by atoms with Crippen LogP contribution in [0.25, 0.3) is 11.3 Å². The van der Waals surface area contributed by atoms with Crippen LogP contribution in [0.15, 0.2) is 65.7 Å². The summed E-state index contributed by atoms with van der Waals surface area (Å²) in [6.07, 6.45) is 8.92. The number of benzene rings is 1. The van der Waals surface area contributed by atoms with Gasteiger partial charge in [0.25, 0.3) is 0 Å². The highest BCUT2D eigenvalue weighted by Gasteiger charge is 2.30. The van der Waals surface area contributed by atoms with Crippen molar-refractivity contribution in [1.82, 2.24) is 4.98 Å². The second-order valence-corrected chi connectivity index (χ2v) is 10.7. The van der Waals surface area contributed by atoms with E-state index < -0.39 is 5.97 Å². The molecule has 1 unspecified atom stereocenters. The number of pyridine rings is 1. The summed E-state index contributed by atoms with van der Waals surface area (Å²) in [6, 6.07) is 10.0. The monoisotopic (exact) mass is 505 g/mol. The molecule has 1 aromatic carbocycles. The summed E-state index contributed by atoms with van der Waals surface area (Å²) in [5.74, 6) is 3.63. The van der Waals surface area contributed by atoms with E-state index in [1.165, 1.54) is 11.5 Å². The maximum atomic E-state index is 11.1. The number of allylic oxidation sites excluding steroid dienone is 4. The number of hydrogen-bond donors (Lipinski definition) is 1. The quantitative estimate of drug-likeness (QED) is 0.447. The first-order valence-electron chi connectivity index (χ1n) is 12.4. The number of ether oxygens (including phenoxy) is 3. The maximum Gasteiger partial charge on any atom is 0.304 e. The van der Waals surface area contributed by atoms with Gasteiger partial charge < -0.3 is 19.3 Å². The van der Waals surface area contributed by atoms with Crippen molar-refractivity contribution >= 4 is 17.7 Å². The van der Waals surface area contributed by atoms with Crippen LogP contribution in [0, 0.1) is 19.8 Å². The molecule has 3 heterocycles. The lowest BCUT2D eigenvalue weighted by Gasteiger charge is -2.23. The van der Waals surface area contributed by atoms with Gasteiger partial charge >= 0.3 is 5.97 Å². The van der Waals surface area contributed by atoms with E-state index in [1.807, 2.05) is 42.1 Å². The van der Waals surface area contributed by atoms with Crippen LogP contribution in [0.3, 0.4) is 0 Å². The number of fused-ring (bicyclic) bond motifs is 1. The number of aryl methyl sites for hydroxylation is 2. The fourth-order valence-electron chi connectivity index (χ4n) is 5.01. The molecule has 0 saturated carbocycles. The molecule has 0 amide bonds. The topological polar surface area (TPSA) is 77.9 Å². The van der Waals surface area contributed by atoms with Gasteiger partial charge in [-0.1, -0.05) is 12.1 Å². The van der Waals surface area contributed by atoms with Crippen LogP contribution in [0.5, 0.6) is 11.6 Å². The lowest BCUT2D eigenvalue weighted by molar-refractivity contribution is -0.137. The van der Waals surface area contributed by atoms with E-state index in [-0.39, 0.29) is 12.3 Å². The van der Waals surface area contributed by atoms with Crippen LogP contribution in [0.4, 0.5) is 0 Å². The normalized spacial score (nSPS) is 20.8. The van der Waals surface area contributed by atoms with Gasteiger partial charge in [-0.15, -0.1) is 0 Å². The van der Waals surface area contributed by atoms with E-state index in [1.54, 1.807) is 6.26 Å². The van der Waals surface area contributed by atoms with Crippen LogP contribution in [0.1, 0.15) is 36.8 Å². The van der Waals surface area contributed by atoms with Crippen molar-refractivity contribution in [2.75, 3.05) is 18.1 Å². The minimum absolute atomic E-state index is 0.0838. The Bertz CT molecular complexity index is 1220. The second-order valence-electron chi connectivity index (χ2n) is 9.51. The lowest BCUT2D eigenvalue weighted by atomic mass is 9.92. The van der Waals surface area contributed by atoms with Crippen molar-refractivity contribution in [2.45, 2.75) is 45.6 Å². The van der Waals surface area contributed by atoms with Gasteiger partial charge in [0.1, 0.15) is 17.6 Å². The van der Waals surface area contributed by atoms with Gasteiger partial charge in [0, 0.05) is 17.5 Å². The maximum absolute atomic E-state index is 11.1. The van der Waals surface area contributed by atoms with Gasteiger partial charge in [-0.2, -0.15) is 11.8 Å². The molecule has 0 radical (unpaired) electrons. The number of aromatic nitrogens is 1. The zero-order chi connectivity index (χ0) is 25.1. The molecule has 2 aliphatic heterocycles. The summed E-state index contributed by atoms with van der Waals surface area (Å²) >= 11 is 2.00. The Morgan fingerprint density at radius 3 is 2.75 bits per heavy atom. The summed E-state index contributed by atoms with van der Waals surface area (Å²) < 4.78 is 17.9. The molecule has 188 valence electrons. The average molecular weight is 506 g/mol. The van der Waals surface area contributed by atoms with Crippen LogP contribution in [0.2, 0.25) is 0 Å². The molecule has 2 aromatic rings. The van der Waals surface area contributed by atoms with Gasteiger partial charge in [0.2, 0.25) is 5.88 Å². The van der Waals surface area contributed by atoms with Crippen LogP contribution in [-0.2, 0) is 9.53 Å². The lowest BCUT2D eigenvalue weighted by Crippen LogP contribution is -2.22. The minimum atomic E-state index is -0.808. The van der Waals surface area contributed by atoms with Gasteiger partial charge in [-0.25, -0.2) is 4.98 Å². The summed E-state index contributed by atoms with van der Waals surface area (Å²) in [4.78, 5) is 15.8. The first kappa shape index (κ1) is 24.5. The van der Waals surface area contributed by atoms with E-state index in [9.17, 15) is 4.79 Å². The highest BCUT2D eigenvalue weighted by atomic mass is 32.2. The number of carboxylic acids is 1. The number of aliphatic carboxylic acids is 1. The average Bonchev–Trinajstić information content (AvgIpc) is 3.24. The number of rotatable bonds is 7. The highest BCUT2D eigenvalue weighted by Crippen LogP contribution is 2.37. The Labute approximate surface area is 216 Å². The fourth-order valence-corrected chi connectivity index (χ4v) is 6.07. The minimum Gasteiger partial charge on any atom is -0.493 e. The predicted octanol–water partition coefficient (Wildman–Crippen LogP) is 6.24. The second kappa shape index (κ2) is 10.8. The van der Waals surface area contributed by atoms with Crippen LogP contribution in [-0.4, -0.2) is 40.3 Å². The Morgan fingerprint density at radius 1 is 1.22 bits per heavy atom. The van der Waals surface area contributed by atoms with Crippen molar-refractivity contribution in [3.63, 3.8) is 0 Å². The molecule has 2 saturated heterocycles. The standard InChI is InChI=1S/C29H31NO5S/c1-18-12-23(35-22-8-10-36-11-9-22)13-19(2)29(18)25-4-3-5-27(30-25)34-16-20-6-7-24-21(15-28(31)32)17-33-26(24)14-20/h3-5,7,12-14,16,21-22H,6,8-11,15,17H2,1-2H3,(H,31,32). The first-order chi connectivity index (χ1) is 17.5. The largest absolute Gasteiger partial charge is 0.493 e. The molecule has 0 bridgehead atoms. The Balaban J connectivity index is 1.28. The molecule has 2 fully saturated rings. The molecule has 5 rings (SSSR count). The fraction of sp³-hybridized carbons (Fsp3) is 0.379. The van der Waals surface area contributed by atoms with Gasteiger partial charge in [-0.3, -0.25) is 4.79 Å². The van der Waals surface area contributed by atoms with Crippen molar-refractivity contribution in [1.29, 1.82) is 0 Å². The third kappa shape index (κ3) is 5.62. The van der Waals surface area contributed by atoms with Crippen LogP contribution >= 0.6 is 11.8 Å². The van der Waals surface area contributed by atoms with Crippen molar-refractivity contribution < 1.29 is 24.1 Å². The summed E-state index contributed by atoms with van der Waals surface area (Å²) in [5, 5.41) is 9.10. The third-order valence-corrected chi connectivity index (χ3v) is 7.80. The summed E-state index contributed by atoms with van der Waals surface area (Å²) in [5.41, 5.74) is 6.14. The van der Waals surface area contributed by atoms with Crippen molar-refractivity contribution in [2.24, 2.45) is 5.92 Å².